The van der Waals surface area contributed by atoms with E-state index in [1.165, 1.54) is 12.3 Å². The number of anilines is 2. The fourth-order valence-electron chi connectivity index (χ4n) is 2.63. The Morgan fingerprint density at radius 3 is 3.04 bits per heavy atom. The van der Waals surface area contributed by atoms with Gasteiger partial charge in [-0.25, -0.2) is 0 Å². The molecule has 0 unspecified atom stereocenters. The van der Waals surface area contributed by atoms with Crippen molar-refractivity contribution in [2.24, 2.45) is 5.92 Å². The van der Waals surface area contributed by atoms with Gasteiger partial charge >= 0.3 is 6.61 Å². The van der Waals surface area contributed by atoms with E-state index in [-0.39, 0.29) is 12.0 Å². The maximum absolute atomic E-state index is 12.2. The number of halogens is 2. The van der Waals surface area contributed by atoms with E-state index in [1.807, 2.05) is 0 Å². The highest BCUT2D eigenvalue weighted by molar-refractivity contribution is 5.51. The van der Waals surface area contributed by atoms with E-state index in [4.69, 9.17) is 4.74 Å². The minimum absolute atomic E-state index is 0.0674. The second kappa shape index (κ2) is 8.06. The van der Waals surface area contributed by atoms with Crippen molar-refractivity contribution in [3.8, 4) is 11.8 Å². The first-order valence-electron chi connectivity index (χ1n) is 8.07. The van der Waals surface area contributed by atoms with Crippen LogP contribution in [0.25, 0.3) is 0 Å². The second-order valence-electron chi connectivity index (χ2n) is 5.85. The monoisotopic (exact) mass is 354 g/mol. The molecule has 3 heterocycles. The number of aromatic nitrogens is 4. The van der Waals surface area contributed by atoms with Gasteiger partial charge in [-0.05, 0) is 19.4 Å². The van der Waals surface area contributed by atoms with E-state index < -0.39 is 6.61 Å². The van der Waals surface area contributed by atoms with E-state index >= 15 is 0 Å². The number of H-pyrrole nitrogens is 1. The molecule has 0 amide bonds. The zero-order chi connectivity index (χ0) is 17.6. The first kappa shape index (κ1) is 17.3. The van der Waals surface area contributed by atoms with Gasteiger partial charge in [0.2, 0.25) is 11.8 Å². The summed E-state index contributed by atoms with van der Waals surface area (Å²) in [7, 11) is 0. The highest BCUT2D eigenvalue weighted by Gasteiger charge is 2.22. The average Bonchev–Trinajstić information content (AvgIpc) is 2.89. The van der Waals surface area contributed by atoms with Gasteiger partial charge in [0.05, 0.1) is 12.4 Å². The third-order valence-electron chi connectivity index (χ3n) is 3.85. The first-order chi connectivity index (χ1) is 12.1. The van der Waals surface area contributed by atoms with Crippen molar-refractivity contribution in [2.75, 3.05) is 18.4 Å². The number of hydrogen-bond acceptors (Lipinski definition) is 7. The van der Waals surface area contributed by atoms with Gasteiger partial charge in [-0.2, -0.15) is 13.8 Å². The summed E-state index contributed by atoms with van der Waals surface area (Å²) in [6.07, 6.45) is 5.11. The van der Waals surface area contributed by atoms with Gasteiger partial charge < -0.3 is 20.1 Å². The molecule has 1 fully saturated rings. The molecule has 1 aliphatic rings. The first-order valence-corrected chi connectivity index (χ1v) is 8.07. The van der Waals surface area contributed by atoms with Crippen LogP contribution in [0.15, 0.2) is 18.5 Å². The Balaban J connectivity index is 1.63. The summed E-state index contributed by atoms with van der Waals surface area (Å²) in [5.41, 5.74) is 0. The Bertz CT molecular complexity index is 684. The lowest BCUT2D eigenvalue weighted by Gasteiger charge is -2.22. The molecule has 0 radical (unpaired) electrons. The molecule has 1 saturated heterocycles. The maximum atomic E-state index is 12.2. The summed E-state index contributed by atoms with van der Waals surface area (Å²) < 4.78 is 34.5. The summed E-state index contributed by atoms with van der Waals surface area (Å²) in [6, 6.07) is 1.31. The van der Waals surface area contributed by atoms with Crippen LogP contribution in [-0.4, -0.2) is 46.0 Å². The standard InChI is InChI=1S/C15H20F2N6O2/c1-9-6-18-4-2-3-10(9)24-14-8-19-7-12(21-14)20-11-5-13(23-22-11)25-15(16)17/h5,7-10,15,18H,2-4,6H2,1H3,(H2,20,21,22,23)/t9-,10-/m1/s1. The molecule has 10 heteroatoms. The largest absolute Gasteiger partial charge is 0.473 e. The Hall–Kier alpha value is -2.49. The van der Waals surface area contributed by atoms with Gasteiger partial charge in [0.25, 0.3) is 0 Å². The average molecular weight is 354 g/mol. The van der Waals surface area contributed by atoms with E-state index in [0.717, 1.165) is 25.9 Å². The van der Waals surface area contributed by atoms with Gasteiger partial charge in [0.15, 0.2) is 5.82 Å². The Labute approximate surface area is 143 Å². The molecule has 8 nitrogen and oxygen atoms in total. The summed E-state index contributed by atoms with van der Waals surface area (Å²) in [5, 5.41) is 12.4. The predicted molar refractivity (Wildman–Crippen MR) is 86.2 cm³/mol. The van der Waals surface area contributed by atoms with Gasteiger partial charge in [-0.3, -0.25) is 10.1 Å². The van der Waals surface area contributed by atoms with E-state index in [0.29, 0.717) is 23.4 Å². The molecule has 3 N–H and O–H groups in total. The number of hydrogen-bond donors (Lipinski definition) is 3. The van der Waals surface area contributed by atoms with Gasteiger partial charge in [0, 0.05) is 18.5 Å². The van der Waals surface area contributed by atoms with Crippen LogP contribution in [0.1, 0.15) is 19.8 Å². The van der Waals surface area contributed by atoms with Crippen molar-refractivity contribution in [3.63, 3.8) is 0 Å². The number of nitrogens with zero attached hydrogens (tertiary/aromatic N) is 3. The quantitative estimate of drug-likeness (QED) is 0.732. The molecular formula is C15H20F2N6O2. The Morgan fingerprint density at radius 1 is 1.32 bits per heavy atom. The summed E-state index contributed by atoms with van der Waals surface area (Å²) in [5.74, 6) is 1.32. The molecule has 0 bridgehead atoms. The second-order valence-corrected chi connectivity index (χ2v) is 5.85. The summed E-state index contributed by atoms with van der Waals surface area (Å²) in [4.78, 5) is 8.44. The van der Waals surface area contributed by atoms with Crippen molar-refractivity contribution in [1.29, 1.82) is 0 Å². The third kappa shape index (κ3) is 4.99. The van der Waals surface area contributed by atoms with Crippen molar-refractivity contribution >= 4 is 11.6 Å². The molecule has 0 aromatic carbocycles. The molecule has 1 aliphatic heterocycles. The summed E-state index contributed by atoms with van der Waals surface area (Å²) in [6.45, 7) is 1.09. The lowest BCUT2D eigenvalue weighted by molar-refractivity contribution is -0.0528. The van der Waals surface area contributed by atoms with Crippen molar-refractivity contribution in [3.05, 3.63) is 18.5 Å². The molecule has 2 aromatic rings. The van der Waals surface area contributed by atoms with Gasteiger partial charge in [0.1, 0.15) is 11.9 Å². The van der Waals surface area contributed by atoms with Crippen LogP contribution in [0.2, 0.25) is 0 Å². The molecule has 0 spiro atoms. The SMILES string of the molecule is C[C@@H]1CNCCC[C@H]1Oc1cncc(Nc2cc(OC(F)F)n[nH]2)n1. The summed E-state index contributed by atoms with van der Waals surface area (Å²) >= 11 is 0. The molecule has 136 valence electrons. The third-order valence-corrected chi connectivity index (χ3v) is 3.85. The number of nitrogens with one attached hydrogen (secondary N) is 3. The van der Waals surface area contributed by atoms with Crippen LogP contribution in [-0.2, 0) is 0 Å². The molecular weight excluding hydrogens is 334 g/mol. The van der Waals surface area contributed by atoms with Gasteiger partial charge in [-0.15, -0.1) is 5.10 Å². The number of aromatic amines is 1. The molecule has 25 heavy (non-hydrogen) atoms. The van der Waals surface area contributed by atoms with Crippen LogP contribution in [0.4, 0.5) is 20.4 Å². The van der Waals surface area contributed by atoms with Gasteiger partial charge in [-0.1, -0.05) is 6.92 Å². The van der Waals surface area contributed by atoms with Crippen LogP contribution in [0.5, 0.6) is 11.8 Å². The van der Waals surface area contributed by atoms with E-state index in [9.17, 15) is 8.78 Å². The maximum Gasteiger partial charge on any atom is 0.388 e. The van der Waals surface area contributed by atoms with Crippen LogP contribution >= 0.6 is 0 Å². The smallest absolute Gasteiger partial charge is 0.388 e. The Kier molecular flexibility index (Phi) is 5.59. The van der Waals surface area contributed by atoms with Crippen LogP contribution in [0, 0.1) is 5.92 Å². The minimum Gasteiger partial charge on any atom is -0.473 e. The number of alkyl halides is 2. The molecule has 3 rings (SSSR count). The van der Waals surface area contributed by atoms with Crippen molar-refractivity contribution < 1.29 is 18.3 Å². The fraction of sp³-hybridized carbons (Fsp3) is 0.533. The van der Waals surface area contributed by atoms with Crippen LogP contribution < -0.4 is 20.1 Å². The van der Waals surface area contributed by atoms with Crippen molar-refractivity contribution in [1.82, 2.24) is 25.5 Å². The lowest BCUT2D eigenvalue weighted by Crippen LogP contribution is -2.29. The molecule has 2 atom stereocenters. The lowest BCUT2D eigenvalue weighted by atomic mass is 10.0. The predicted octanol–water partition coefficient (Wildman–Crippen LogP) is 2.31. The number of rotatable bonds is 6. The van der Waals surface area contributed by atoms with E-state index in [1.54, 1.807) is 6.20 Å². The zero-order valence-electron chi connectivity index (χ0n) is 13.7. The highest BCUT2D eigenvalue weighted by atomic mass is 19.3. The zero-order valence-corrected chi connectivity index (χ0v) is 13.7. The normalized spacial score (nSPS) is 21.0. The van der Waals surface area contributed by atoms with Crippen molar-refractivity contribution in [2.45, 2.75) is 32.5 Å². The van der Waals surface area contributed by atoms with E-state index in [2.05, 4.69) is 42.5 Å². The topological polar surface area (TPSA) is 97.0 Å². The minimum atomic E-state index is -2.93. The molecule has 2 aromatic heterocycles. The number of ether oxygens (including phenoxy) is 2. The Morgan fingerprint density at radius 2 is 2.20 bits per heavy atom. The highest BCUT2D eigenvalue weighted by Crippen LogP contribution is 2.22. The fourth-order valence-corrected chi connectivity index (χ4v) is 2.63. The molecule has 0 saturated carbocycles. The molecule has 0 aliphatic carbocycles. The van der Waals surface area contributed by atoms with Crippen LogP contribution in [0.3, 0.4) is 0 Å².